The highest BCUT2D eigenvalue weighted by Crippen LogP contribution is 2.40. The van der Waals surface area contributed by atoms with Crippen LogP contribution in [0.25, 0.3) is 0 Å². The average molecular weight is 608 g/mol. The lowest BCUT2D eigenvalue weighted by molar-refractivity contribution is -0.134. The SMILES string of the molecule is COc1cc2c(cc1OC)N=C(N(C)C1CCN(CCCOc3ccc(F)c(F)c3)CC1)SC2.O=C(O)C=CC(=O)O. The van der Waals surface area contributed by atoms with Crippen LogP contribution in [0.5, 0.6) is 17.2 Å². The molecule has 4 rings (SSSR count). The molecule has 1 saturated heterocycles. The molecule has 2 aromatic rings. The number of likely N-dealkylation sites (tertiary alicyclic amines) is 1. The predicted octanol–water partition coefficient (Wildman–Crippen LogP) is 4.79. The molecule has 0 amide bonds. The molecule has 0 aliphatic carbocycles. The largest absolute Gasteiger partial charge is 0.493 e. The summed E-state index contributed by atoms with van der Waals surface area (Å²) in [6, 6.07) is 8.04. The van der Waals surface area contributed by atoms with Crippen LogP contribution in [0.1, 0.15) is 24.8 Å². The fraction of sp³-hybridized carbons (Fsp3) is 0.414. The van der Waals surface area contributed by atoms with E-state index in [1.807, 2.05) is 12.1 Å². The number of aliphatic carboxylic acids is 2. The predicted molar refractivity (Wildman–Crippen MR) is 156 cm³/mol. The molecule has 0 aromatic heterocycles. The Kier molecular flexibility index (Phi) is 12.4. The Labute approximate surface area is 247 Å². The van der Waals surface area contributed by atoms with Crippen LogP contribution in [0.4, 0.5) is 14.5 Å². The minimum Gasteiger partial charge on any atom is -0.493 e. The van der Waals surface area contributed by atoms with Crippen LogP contribution in [0.15, 0.2) is 47.5 Å². The first-order valence-corrected chi connectivity index (χ1v) is 14.2. The molecule has 0 unspecified atom stereocenters. The minimum atomic E-state index is -1.26. The van der Waals surface area contributed by atoms with Crippen LogP contribution >= 0.6 is 11.8 Å². The van der Waals surface area contributed by atoms with Crippen molar-refractivity contribution < 1.29 is 42.8 Å². The van der Waals surface area contributed by atoms with Gasteiger partial charge in [-0.3, -0.25) is 0 Å². The van der Waals surface area contributed by atoms with Crippen molar-refractivity contribution in [3.8, 4) is 17.2 Å². The molecule has 0 saturated carbocycles. The normalized spacial score (nSPS) is 15.2. The Balaban J connectivity index is 0.000000531. The van der Waals surface area contributed by atoms with E-state index in [9.17, 15) is 18.4 Å². The highest BCUT2D eigenvalue weighted by atomic mass is 32.2. The van der Waals surface area contributed by atoms with E-state index >= 15 is 0 Å². The van der Waals surface area contributed by atoms with Gasteiger partial charge in [0.1, 0.15) is 5.75 Å². The summed E-state index contributed by atoms with van der Waals surface area (Å²) < 4.78 is 42.7. The number of carbonyl (C=O) groups is 2. The molecule has 0 atom stereocenters. The summed E-state index contributed by atoms with van der Waals surface area (Å²) in [5.41, 5.74) is 2.09. The van der Waals surface area contributed by atoms with Crippen molar-refractivity contribution in [2.24, 2.45) is 4.99 Å². The van der Waals surface area contributed by atoms with Crippen LogP contribution < -0.4 is 14.2 Å². The molecule has 0 radical (unpaired) electrons. The van der Waals surface area contributed by atoms with Crippen molar-refractivity contribution >= 4 is 34.6 Å². The standard InChI is InChI=1S/C25H31F2N3O3S.C4H4O4/c1-29(25-28-22-15-24(32-3)23(31-2)13-17(22)16-34-25)18-7-10-30(11-8-18)9-4-12-33-19-5-6-20(26)21(27)14-19;5-3(6)1-2-4(7)8/h5-6,13-15,18H,4,7-12,16H2,1-3H3;1-2H,(H,5,6)(H,7,8). The maximum Gasteiger partial charge on any atom is 0.328 e. The Bertz CT molecular complexity index is 1280. The first-order chi connectivity index (χ1) is 20.1. The zero-order valence-corrected chi connectivity index (χ0v) is 24.5. The smallest absolute Gasteiger partial charge is 0.328 e. The second-order valence-electron chi connectivity index (χ2n) is 9.49. The van der Waals surface area contributed by atoms with Crippen molar-refractivity contribution in [3.05, 3.63) is 59.7 Å². The second-order valence-corrected chi connectivity index (χ2v) is 10.4. The van der Waals surface area contributed by atoms with E-state index in [1.54, 1.807) is 26.0 Å². The average Bonchev–Trinajstić information content (AvgIpc) is 2.99. The third-order valence-electron chi connectivity index (χ3n) is 6.71. The number of nitrogens with zero attached hydrogens (tertiary/aromatic N) is 3. The molecule has 0 bridgehead atoms. The molecule has 0 spiro atoms. The number of ether oxygens (including phenoxy) is 3. The van der Waals surface area contributed by atoms with Gasteiger partial charge in [0.25, 0.3) is 0 Å². The van der Waals surface area contributed by atoms with Crippen molar-refractivity contribution in [2.45, 2.75) is 31.1 Å². The quantitative estimate of drug-likeness (QED) is 0.288. The van der Waals surface area contributed by atoms with Crippen LogP contribution in [-0.4, -0.2) is 90.7 Å². The summed E-state index contributed by atoms with van der Waals surface area (Å²) in [5.74, 6) is -1.61. The van der Waals surface area contributed by atoms with Crippen LogP contribution in [0.2, 0.25) is 0 Å². The third kappa shape index (κ3) is 9.62. The maximum atomic E-state index is 13.3. The first-order valence-electron chi connectivity index (χ1n) is 13.2. The Hall–Kier alpha value is -3.84. The third-order valence-corrected chi connectivity index (χ3v) is 7.80. The molecule has 2 aliphatic rings. The summed E-state index contributed by atoms with van der Waals surface area (Å²) in [6.45, 7) is 3.43. The van der Waals surface area contributed by atoms with Gasteiger partial charge in [0.15, 0.2) is 28.3 Å². The van der Waals surface area contributed by atoms with Gasteiger partial charge in [-0.1, -0.05) is 11.8 Å². The number of hydrogen-bond acceptors (Lipinski definition) is 9. The van der Waals surface area contributed by atoms with Gasteiger partial charge in [-0.05, 0) is 43.0 Å². The molecular weight excluding hydrogens is 572 g/mol. The number of carboxylic acids is 2. The molecule has 2 N–H and O–H groups in total. The van der Waals surface area contributed by atoms with Crippen LogP contribution in [0.3, 0.4) is 0 Å². The number of piperidine rings is 1. The number of hydrogen-bond donors (Lipinski definition) is 2. The summed E-state index contributed by atoms with van der Waals surface area (Å²) >= 11 is 1.76. The van der Waals surface area contributed by atoms with E-state index < -0.39 is 23.6 Å². The van der Waals surface area contributed by atoms with E-state index in [2.05, 4.69) is 16.8 Å². The number of rotatable bonds is 10. The number of fused-ring (bicyclic) bond motifs is 1. The van der Waals surface area contributed by atoms with Gasteiger partial charge < -0.3 is 34.2 Å². The summed E-state index contributed by atoms with van der Waals surface area (Å²) in [7, 11) is 5.42. The molecule has 13 heteroatoms. The Morgan fingerprint density at radius 1 is 1.05 bits per heavy atom. The number of carboxylic acid groups (broad SMARTS) is 2. The van der Waals surface area contributed by atoms with Gasteiger partial charge in [-0.2, -0.15) is 0 Å². The topological polar surface area (TPSA) is 121 Å². The second kappa shape index (κ2) is 16.0. The number of benzene rings is 2. The zero-order valence-electron chi connectivity index (χ0n) is 23.7. The van der Waals surface area contributed by atoms with Gasteiger partial charge >= 0.3 is 11.9 Å². The molecule has 42 heavy (non-hydrogen) atoms. The van der Waals surface area contributed by atoms with Gasteiger partial charge in [-0.15, -0.1) is 0 Å². The monoisotopic (exact) mass is 607 g/mol. The maximum absolute atomic E-state index is 13.3. The van der Waals surface area contributed by atoms with E-state index in [1.165, 1.54) is 6.07 Å². The molecular formula is C29H35F2N3O7S. The van der Waals surface area contributed by atoms with E-state index in [0.717, 1.165) is 79.0 Å². The lowest BCUT2D eigenvalue weighted by Crippen LogP contribution is -2.45. The highest BCUT2D eigenvalue weighted by Gasteiger charge is 2.27. The first kappa shape index (κ1) is 32.7. The number of halogens is 2. The molecule has 10 nitrogen and oxygen atoms in total. The van der Waals surface area contributed by atoms with Crippen molar-refractivity contribution in [3.63, 3.8) is 0 Å². The van der Waals surface area contributed by atoms with Crippen molar-refractivity contribution in [1.29, 1.82) is 0 Å². The van der Waals surface area contributed by atoms with Crippen molar-refractivity contribution in [1.82, 2.24) is 9.80 Å². The molecule has 1 fully saturated rings. The number of amidine groups is 1. The van der Waals surface area contributed by atoms with Gasteiger partial charge in [0.2, 0.25) is 0 Å². The van der Waals surface area contributed by atoms with Crippen molar-refractivity contribution in [2.75, 3.05) is 47.5 Å². The number of aliphatic imine (C=N–C) groups is 1. The Morgan fingerprint density at radius 2 is 1.69 bits per heavy atom. The lowest BCUT2D eigenvalue weighted by Gasteiger charge is -2.38. The number of methoxy groups -OCH3 is 2. The van der Waals surface area contributed by atoms with E-state index in [0.29, 0.717) is 36.3 Å². The minimum absolute atomic E-state index is 0.364. The fourth-order valence-corrected chi connectivity index (χ4v) is 5.49. The van der Waals surface area contributed by atoms with E-state index in [-0.39, 0.29) is 0 Å². The zero-order chi connectivity index (χ0) is 30.6. The van der Waals surface area contributed by atoms with Crippen LogP contribution in [-0.2, 0) is 15.3 Å². The van der Waals surface area contributed by atoms with Gasteiger partial charge in [-0.25, -0.2) is 23.4 Å². The van der Waals surface area contributed by atoms with Crippen LogP contribution in [0, 0.1) is 11.6 Å². The summed E-state index contributed by atoms with van der Waals surface area (Å²) in [5, 5.41) is 16.7. The fourth-order valence-electron chi connectivity index (χ4n) is 4.46. The molecule has 2 aromatic carbocycles. The van der Waals surface area contributed by atoms with E-state index in [4.69, 9.17) is 29.4 Å². The number of thioether (sulfide) groups is 1. The highest BCUT2D eigenvalue weighted by molar-refractivity contribution is 8.13. The molecule has 2 heterocycles. The summed E-state index contributed by atoms with van der Waals surface area (Å²) in [4.78, 5) is 28.8. The molecule has 2 aliphatic heterocycles. The Morgan fingerprint density at radius 3 is 2.29 bits per heavy atom. The lowest BCUT2D eigenvalue weighted by atomic mass is 10.0. The van der Waals surface area contributed by atoms with Gasteiger partial charge in [0, 0.05) is 62.8 Å². The summed E-state index contributed by atoms with van der Waals surface area (Å²) in [6.07, 6.45) is 4.09. The van der Waals surface area contributed by atoms with Gasteiger partial charge in [0.05, 0.1) is 26.5 Å². The molecule has 228 valence electrons.